The van der Waals surface area contributed by atoms with Crippen LogP contribution in [-0.2, 0) is 9.53 Å². The topological polar surface area (TPSA) is 64.4 Å². The lowest BCUT2D eigenvalue weighted by atomic mass is 9.89. The molecule has 4 nitrogen and oxygen atoms in total. The zero-order valence-corrected chi connectivity index (χ0v) is 13.3. The van der Waals surface area contributed by atoms with E-state index in [0.29, 0.717) is 31.1 Å². The molecule has 1 amide bonds. The number of fused-ring (bicyclic) bond motifs is 1. The number of thioether (sulfide) groups is 1. The van der Waals surface area contributed by atoms with Crippen LogP contribution in [0, 0.1) is 0 Å². The van der Waals surface area contributed by atoms with E-state index in [1.807, 2.05) is 18.2 Å². The molecule has 1 aromatic carbocycles. The zero-order chi connectivity index (χ0) is 14.9. The molecule has 114 valence electrons. The average molecular weight is 327 g/mol. The lowest BCUT2D eigenvalue weighted by Gasteiger charge is -2.35. The smallest absolute Gasteiger partial charge is 0.240 e. The highest BCUT2D eigenvalue weighted by Crippen LogP contribution is 2.37. The van der Waals surface area contributed by atoms with Crippen molar-refractivity contribution in [3.8, 4) is 0 Å². The third kappa shape index (κ3) is 3.21. The highest BCUT2D eigenvalue weighted by atomic mass is 35.5. The second kappa shape index (κ2) is 6.16. The molecule has 1 saturated heterocycles. The van der Waals surface area contributed by atoms with E-state index in [1.54, 1.807) is 11.8 Å². The molecule has 1 atom stereocenters. The van der Waals surface area contributed by atoms with Crippen LogP contribution in [0.15, 0.2) is 23.1 Å². The number of nitrogens with one attached hydrogen (secondary N) is 1. The number of ether oxygens (including phenoxy) is 1. The molecule has 0 radical (unpaired) electrons. The maximum absolute atomic E-state index is 12.6. The van der Waals surface area contributed by atoms with Crippen LogP contribution in [0.1, 0.15) is 30.9 Å². The van der Waals surface area contributed by atoms with Crippen molar-refractivity contribution in [1.82, 2.24) is 5.32 Å². The maximum Gasteiger partial charge on any atom is 0.240 e. The largest absolute Gasteiger partial charge is 0.381 e. The van der Waals surface area contributed by atoms with E-state index in [2.05, 4.69) is 5.32 Å². The van der Waals surface area contributed by atoms with E-state index >= 15 is 0 Å². The summed E-state index contributed by atoms with van der Waals surface area (Å²) in [6.07, 6.45) is 2.04. The minimum atomic E-state index is -0.804. The maximum atomic E-state index is 12.6. The third-order valence-electron chi connectivity index (χ3n) is 4.15. The molecule has 1 unspecified atom stereocenters. The van der Waals surface area contributed by atoms with Crippen molar-refractivity contribution in [3.05, 3.63) is 28.8 Å². The summed E-state index contributed by atoms with van der Waals surface area (Å²) in [4.78, 5) is 13.7. The molecule has 0 spiro atoms. The zero-order valence-electron chi connectivity index (χ0n) is 11.7. The van der Waals surface area contributed by atoms with Gasteiger partial charge in [-0.05, 0) is 43.0 Å². The van der Waals surface area contributed by atoms with Gasteiger partial charge in [0.1, 0.15) is 0 Å². The van der Waals surface area contributed by atoms with Gasteiger partial charge >= 0.3 is 0 Å². The molecule has 2 aliphatic heterocycles. The van der Waals surface area contributed by atoms with Crippen LogP contribution >= 0.6 is 23.4 Å². The SMILES string of the molecule is NC1(C(=O)NC2CCSc3ccc(Cl)cc32)CCOCC1. The Balaban J connectivity index is 1.77. The van der Waals surface area contributed by atoms with E-state index in [4.69, 9.17) is 22.1 Å². The molecule has 21 heavy (non-hydrogen) atoms. The number of hydrogen-bond acceptors (Lipinski definition) is 4. The minimum absolute atomic E-state index is 0.00396. The van der Waals surface area contributed by atoms with Crippen LogP contribution in [0.3, 0.4) is 0 Å². The number of benzene rings is 1. The summed E-state index contributed by atoms with van der Waals surface area (Å²) in [5.74, 6) is 0.911. The van der Waals surface area contributed by atoms with Crippen molar-refractivity contribution in [3.63, 3.8) is 0 Å². The lowest BCUT2D eigenvalue weighted by Crippen LogP contribution is -2.57. The second-order valence-electron chi connectivity index (χ2n) is 5.61. The molecule has 3 rings (SSSR count). The fraction of sp³-hybridized carbons (Fsp3) is 0.533. The summed E-state index contributed by atoms with van der Waals surface area (Å²) >= 11 is 7.89. The first-order chi connectivity index (χ1) is 10.1. The Bertz CT molecular complexity index is 546. The molecule has 3 N–H and O–H groups in total. The Labute approximate surface area is 133 Å². The monoisotopic (exact) mass is 326 g/mol. The highest BCUT2D eigenvalue weighted by molar-refractivity contribution is 7.99. The summed E-state index contributed by atoms with van der Waals surface area (Å²) < 4.78 is 5.30. The van der Waals surface area contributed by atoms with Crippen LogP contribution in [-0.4, -0.2) is 30.4 Å². The highest BCUT2D eigenvalue weighted by Gasteiger charge is 2.37. The predicted octanol–water partition coefficient (Wildman–Crippen LogP) is 2.50. The van der Waals surface area contributed by atoms with Crippen LogP contribution in [0.25, 0.3) is 0 Å². The van der Waals surface area contributed by atoms with E-state index in [-0.39, 0.29) is 11.9 Å². The molecule has 0 aromatic heterocycles. The molecule has 0 saturated carbocycles. The van der Waals surface area contributed by atoms with Crippen molar-refractivity contribution < 1.29 is 9.53 Å². The van der Waals surface area contributed by atoms with Crippen LogP contribution in [0.2, 0.25) is 5.02 Å². The van der Waals surface area contributed by atoms with Gasteiger partial charge in [-0.1, -0.05) is 11.6 Å². The summed E-state index contributed by atoms with van der Waals surface area (Å²) in [6.45, 7) is 1.10. The van der Waals surface area contributed by atoms with Gasteiger partial charge in [-0.3, -0.25) is 4.79 Å². The van der Waals surface area contributed by atoms with Gasteiger partial charge in [0.05, 0.1) is 11.6 Å². The average Bonchev–Trinajstić information content (AvgIpc) is 2.48. The molecule has 2 heterocycles. The van der Waals surface area contributed by atoms with Gasteiger partial charge in [0.2, 0.25) is 5.91 Å². The standard InChI is InChI=1S/C15H19ClN2O2S/c16-10-1-2-13-11(9-10)12(3-8-21-13)18-14(19)15(17)4-6-20-7-5-15/h1-2,9,12H,3-8,17H2,(H,18,19). The summed E-state index contributed by atoms with van der Waals surface area (Å²) in [6, 6.07) is 5.85. The van der Waals surface area contributed by atoms with Gasteiger partial charge < -0.3 is 15.8 Å². The first-order valence-electron chi connectivity index (χ1n) is 7.18. The Morgan fingerprint density at radius 2 is 2.19 bits per heavy atom. The Hall–Kier alpha value is -0.750. The number of carbonyl (C=O) groups excluding carboxylic acids is 1. The van der Waals surface area contributed by atoms with Gasteiger partial charge in [-0.2, -0.15) is 0 Å². The Kier molecular flexibility index (Phi) is 4.45. The number of carbonyl (C=O) groups is 1. The van der Waals surface area contributed by atoms with Crippen molar-refractivity contribution in [2.75, 3.05) is 19.0 Å². The van der Waals surface area contributed by atoms with E-state index < -0.39 is 5.54 Å². The molecule has 1 aromatic rings. The lowest BCUT2D eigenvalue weighted by molar-refractivity contribution is -0.130. The number of halogens is 1. The Morgan fingerprint density at radius 1 is 1.43 bits per heavy atom. The van der Waals surface area contributed by atoms with Crippen LogP contribution < -0.4 is 11.1 Å². The van der Waals surface area contributed by atoms with Gasteiger partial charge in [0, 0.05) is 28.9 Å². The van der Waals surface area contributed by atoms with Crippen molar-refractivity contribution in [1.29, 1.82) is 0 Å². The fourth-order valence-electron chi connectivity index (χ4n) is 2.78. The molecular weight excluding hydrogens is 308 g/mol. The Morgan fingerprint density at radius 3 is 2.95 bits per heavy atom. The number of hydrogen-bond donors (Lipinski definition) is 2. The van der Waals surface area contributed by atoms with Crippen molar-refractivity contribution in [2.45, 2.75) is 35.7 Å². The first-order valence-corrected chi connectivity index (χ1v) is 8.55. The summed E-state index contributed by atoms with van der Waals surface area (Å²) in [5.41, 5.74) is 6.54. The van der Waals surface area contributed by atoms with Crippen LogP contribution in [0.4, 0.5) is 0 Å². The normalized spacial score (nSPS) is 24.2. The van der Waals surface area contributed by atoms with Gasteiger partial charge in [-0.15, -0.1) is 11.8 Å². The summed E-state index contributed by atoms with van der Waals surface area (Å²) in [5, 5.41) is 3.82. The fourth-order valence-corrected chi connectivity index (χ4v) is 4.07. The number of nitrogens with two attached hydrogens (primary N) is 1. The van der Waals surface area contributed by atoms with Gasteiger partial charge in [0.25, 0.3) is 0 Å². The number of amides is 1. The van der Waals surface area contributed by atoms with Gasteiger partial charge in [0.15, 0.2) is 0 Å². The quantitative estimate of drug-likeness (QED) is 0.876. The van der Waals surface area contributed by atoms with E-state index in [1.165, 1.54) is 4.90 Å². The number of rotatable bonds is 2. The molecular formula is C15H19ClN2O2S. The minimum Gasteiger partial charge on any atom is -0.381 e. The van der Waals surface area contributed by atoms with Gasteiger partial charge in [-0.25, -0.2) is 0 Å². The molecule has 1 fully saturated rings. The van der Waals surface area contributed by atoms with Crippen molar-refractivity contribution in [2.24, 2.45) is 5.73 Å². The molecule has 0 aliphatic carbocycles. The third-order valence-corrected chi connectivity index (χ3v) is 5.51. The first kappa shape index (κ1) is 15.2. The van der Waals surface area contributed by atoms with E-state index in [9.17, 15) is 4.79 Å². The van der Waals surface area contributed by atoms with Crippen molar-refractivity contribution >= 4 is 29.3 Å². The summed E-state index contributed by atoms with van der Waals surface area (Å²) in [7, 11) is 0. The molecule has 2 aliphatic rings. The molecule has 0 bridgehead atoms. The van der Waals surface area contributed by atoms with Crippen LogP contribution in [0.5, 0.6) is 0 Å². The second-order valence-corrected chi connectivity index (χ2v) is 7.19. The predicted molar refractivity (Wildman–Crippen MR) is 84.6 cm³/mol. The molecule has 6 heteroatoms. The van der Waals surface area contributed by atoms with E-state index in [0.717, 1.165) is 17.7 Å².